The Kier molecular flexibility index (Phi) is 6.84. The molecule has 10 heteroatoms. The van der Waals surface area contributed by atoms with E-state index in [2.05, 4.69) is 25.4 Å². The summed E-state index contributed by atoms with van der Waals surface area (Å²) in [4.78, 5) is 20.0. The van der Waals surface area contributed by atoms with E-state index in [4.69, 9.17) is 11.6 Å². The Morgan fingerprint density at radius 1 is 1.11 bits per heavy atom. The summed E-state index contributed by atoms with van der Waals surface area (Å²) >= 11 is 7.67. The van der Waals surface area contributed by atoms with Crippen LogP contribution in [0.25, 0.3) is 22.9 Å². The Bertz CT molecular complexity index is 1420. The lowest BCUT2D eigenvalue weighted by molar-refractivity contribution is 0.299. The van der Waals surface area contributed by atoms with Crippen molar-refractivity contribution < 1.29 is 5.11 Å². The summed E-state index contributed by atoms with van der Waals surface area (Å²) in [6.07, 6.45) is 9.44. The lowest BCUT2D eigenvalue weighted by Crippen LogP contribution is -2.43. The van der Waals surface area contributed by atoms with E-state index in [0.29, 0.717) is 33.7 Å². The van der Waals surface area contributed by atoms with Crippen LogP contribution in [0, 0.1) is 5.92 Å². The fraction of sp³-hybridized carbons (Fsp3) is 0.407. The van der Waals surface area contributed by atoms with Gasteiger partial charge in [-0.1, -0.05) is 42.2 Å². The SMILES string of the molecule is O=c1sc(/C=C2\N=Nc3cc(Cl)c(-c4ccc(N5CCNCC5)nc4)cc32)c(O)n1CC1CCCCC1. The highest BCUT2D eigenvalue weighted by molar-refractivity contribution is 7.10. The van der Waals surface area contributed by atoms with Crippen molar-refractivity contribution in [3.63, 3.8) is 0 Å². The third-order valence-corrected chi connectivity index (χ3v) is 8.68. The summed E-state index contributed by atoms with van der Waals surface area (Å²) in [6, 6.07) is 7.83. The Morgan fingerprint density at radius 2 is 1.92 bits per heavy atom. The van der Waals surface area contributed by atoms with Gasteiger partial charge in [-0.15, -0.1) is 10.2 Å². The molecule has 1 aromatic carbocycles. The number of benzene rings is 1. The van der Waals surface area contributed by atoms with Crippen LogP contribution >= 0.6 is 22.9 Å². The van der Waals surface area contributed by atoms with Gasteiger partial charge in [0.2, 0.25) is 5.88 Å². The summed E-state index contributed by atoms with van der Waals surface area (Å²) in [5.41, 5.74) is 3.82. The standard InChI is InChI=1S/C27H29ClN6O2S/c28-21-13-22-20(12-19(21)18-6-7-25(30-15-18)33-10-8-29-9-11-33)23(32-31-22)14-24-26(35)34(27(36)37-24)16-17-4-2-1-3-5-17/h6-7,12-15,17,29,35H,1-5,8-11,16H2/b23-14-. The van der Waals surface area contributed by atoms with Crippen LogP contribution in [0.15, 0.2) is 45.5 Å². The van der Waals surface area contributed by atoms with Gasteiger partial charge < -0.3 is 15.3 Å². The number of rotatable bonds is 5. The van der Waals surface area contributed by atoms with Crippen LogP contribution in [0.5, 0.6) is 5.88 Å². The molecule has 1 saturated carbocycles. The van der Waals surface area contributed by atoms with E-state index in [9.17, 15) is 9.90 Å². The zero-order chi connectivity index (χ0) is 25.4. The first-order valence-electron chi connectivity index (χ1n) is 12.9. The molecule has 0 radical (unpaired) electrons. The monoisotopic (exact) mass is 536 g/mol. The molecule has 0 unspecified atom stereocenters. The highest BCUT2D eigenvalue weighted by Crippen LogP contribution is 2.43. The molecule has 0 amide bonds. The largest absolute Gasteiger partial charge is 0.493 e. The van der Waals surface area contributed by atoms with Gasteiger partial charge in [0.25, 0.3) is 0 Å². The van der Waals surface area contributed by atoms with Gasteiger partial charge in [-0.2, -0.15) is 0 Å². The van der Waals surface area contributed by atoms with E-state index >= 15 is 0 Å². The van der Waals surface area contributed by atoms with Crippen molar-refractivity contribution in [2.24, 2.45) is 16.1 Å². The third kappa shape index (κ3) is 4.95. The molecule has 3 aromatic rings. The maximum atomic E-state index is 12.7. The van der Waals surface area contributed by atoms with Crippen LogP contribution in [-0.4, -0.2) is 40.8 Å². The van der Waals surface area contributed by atoms with E-state index in [0.717, 1.165) is 72.9 Å². The van der Waals surface area contributed by atoms with Crippen LogP contribution in [0.4, 0.5) is 11.5 Å². The molecule has 0 atom stereocenters. The Hall–Kier alpha value is -3.01. The van der Waals surface area contributed by atoms with E-state index in [1.807, 2.05) is 24.4 Å². The predicted molar refractivity (Wildman–Crippen MR) is 149 cm³/mol. The minimum absolute atomic E-state index is 0.0126. The summed E-state index contributed by atoms with van der Waals surface area (Å²) in [7, 11) is 0. The Balaban J connectivity index is 1.28. The molecular weight excluding hydrogens is 508 g/mol. The zero-order valence-electron chi connectivity index (χ0n) is 20.5. The summed E-state index contributed by atoms with van der Waals surface area (Å²) in [5, 5.41) is 23.4. The van der Waals surface area contributed by atoms with E-state index in [-0.39, 0.29) is 10.8 Å². The minimum Gasteiger partial charge on any atom is -0.493 e. The van der Waals surface area contributed by atoms with E-state index in [1.54, 1.807) is 12.1 Å². The summed E-state index contributed by atoms with van der Waals surface area (Å²) < 4.78 is 1.51. The van der Waals surface area contributed by atoms with Crippen LogP contribution in [0.3, 0.4) is 0 Å². The summed E-state index contributed by atoms with van der Waals surface area (Å²) in [5.74, 6) is 1.41. The molecule has 2 fully saturated rings. The smallest absolute Gasteiger partial charge is 0.310 e. The number of hydrogen-bond acceptors (Lipinski definition) is 8. The van der Waals surface area contributed by atoms with Crippen LogP contribution in [-0.2, 0) is 6.54 Å². The fourth-order valence-corrected chi connectivity index (χ4v) is 6.49. The van der Waals surface area contributed by atoms with Gasteiger partial charge in [0.1, 0.15) is 5.82 Å². The first kappa shape index (κ1) is 24.3. The number of aromatic hydroxyl groups is 1. The average molecular weight is 537 g/mol. The molecule has 3 aliphatic rings. The number of nitrogens with one attached hydrogen (secondary N) is 1. The highest BCUT2D eigenvalue weighted by atomic mass is 35.5. The molecule has 8 nitrogen and oxygen atoms in total. The van der Waals surface area contributed by atoms with Gasteiger partial charge >= 0.3 is 4.87 Å². The molecule has 6 rings (SSSR count). The van der Waals surface area contributed by atoms with Crippen molar-refractivity contribution in [1.82, 2.24) is 14.9 Å². The van der Waals surface area contributed by atoms with Crippen LogP contribution in [0.1, 0.15) is 42.5 Å². The fourth-order valence-electron chi connectivity index (χ4n) is 5.39. The van der Waals surface area contributed by atoms with Crippen LogP contribution in [0.2, 0.25) is 5.02 Å². The normalized spacial score (nSPS) is 19.1. The molecular formula is C27H29ClN6O2S. The molecule has 2 N–H and O–H groups in total. The lowest BCUT2D eigenvalue weighted by Gasteiger charge is -2.28. The van der Waals surface area contributed by atoms with E-state index in [1.165, 1.54) is 23.8 Å². The second-order valence-electron chi connectivity index (χ2n) is 9.89. The number of anilines is 1. The third-order valence-electron chi connectivity index (χ3n) is 7.45. The number of hydrogen-bond donors (Lipinski definition) is 2. The summed E-state index contributed by atoms with van der Waals surface area (Å²) in [6.45, 7) is 4.35. The molecule has 1 saturated heterocycles. The molecule has 4 heterocycles. The van der Waals surface area contributed by atoms with Crippen molar-refractivity contribution >= 4 is 46.2 Å². The molecule has 2 aromatic heterocycles. The van der Waals surface area contributed by atoms with Gasteiger partial charge in [0, 0.05) is 55.6 Å². The number of aromatic nitrogens is 2. The highest BCUT2D eigenvalue weighted by Gasteiger charge is 2.23. The first-order valence-corrected chi connectivity index (χ1v) is 14.1. The van der Waals surface area contributed by atoms with Crippen molar-refractivity contribution in [2.75, 3.05) is 31.1 Å². The van der Waals surface area contributed by atoms with E-state index < -0.39 is 0 Å². The molecule has 192 valence electrons. The number of piperazine rings is 1. The van der Waals surface area contributed by atoms with Gasteiger partial charge in [-0.3, -0.25) is 9.36 Å². The van der Waals surface area contributed by atoms with Crippen molar-refractivity contribution in [1.29, 1.82) is 0 Å². The van der Waals surface area contributed by atoms with Gasteiger partial charge in [0.15, 0.2) is 0 Å². The molecule has 2 aliphatic heterocycles. The Morgan fingerprint density at radius 3 is 2.68 bits per heavy atom. The number of pyridine rings is 1. The quantitative estimate of drug-likeness (QED) is 0.422. The number of halogens is 1. The zero-order valence-corrected chi connectivity index (χ0v) is 22.1. The first-order chi connectivity index (χ1) is 18.1. The number of fused-ring (bicyclic) bond motifs is 1. The van der Waals surface area contributed by atoms with Gasteiger partial charge in [-0.05, 0) is 49.1 Å². The van der Waals surface area contributed by atoms with Gasteiger partial charge in [-0.25, -0.2) is 4.98 Å². The average Bonchev–Trinajstić information content (AvgIpc) is 3.44. The molecule has 0 spiro atoms. The second kappa shape index (κ2) is 10.4. The second-order valence-corrected chi connectivity index (χ2v) is 11.3. The number of nitrogens with zero attached hydrogens (tertiary/aromatic N) is 5. The maximum Gasteiger partial charge on any atom is 0.310 e. The predicted octanol–water partition coefficient (Wildman–Crippen LogP) is 5.92. The number of azo groups is 1. The van der Waals surface area contributed by atoms with Crippen molar-refractivity contribution in [2.45, 2.75) is 38.6 Å². The molecule has 37 heavy (non-hydrogen) atoms. The maximum absolute atomic E-state index is 12.7. The van der Waals surface area contributed by atoms with Crippen LogP contribution < -0.4 is 15.1 Å². The van der Waals surface area contributed by atoms with Crippen molar-refractivity contribution in [3.05, 3.63) is 55.6 Å². The van der Waals surface area contributed by atoms with Crippen molar-refractivity contribution in [3.8, 4) is 17.0 Å². The Labute approximate surface area is 224 Å². The minimum atomic E-state index is -0.141. The lowest BCUT2D eigenvalue weighted by atomic mass is 9.89. The molecule has 0 bridgehead atoms. The number of thiazole rings is 1. The molecule has 1 aliphatic carbocycles. The van der Waals surface area contributed by atoms with Gasteiger partial charge in [0.05, 0.1) is 21.3 Å². The topological polar surface area (TPSA) is 95.1 Å².